The summed E-state index contributed by atoms with van der Waals surface area (Å²) < 4.78 is 5.59. The van der Waals surface area contributed by atoms with E-state index in [-0.39, 0.29) is 11.0 Å². The standard InChI is InChI=1S/C13H15NO3/c1-7-5-8(11(15)16)10-9(6-7)14-12(17-10)13(2,3)4/h5-6H,1-4H3,(H,15,16). The molecule has 2 aromatic rings. The van der Waals surface area contributed by atoms with E-state index in [2.05, 4.69) is 4.98 Å². The third kappa shape index (κ3) is 2.02. The summed E-state index contributed by atoms with van der Waals surface area (Å²) in [5, 5.41) is 9.13. The fraction of sp³-hybridized carbons (Fsp3) is 0.385. The van der Waals surface area contributed by atoms with Crippen molar-refractivity contribution in [2.24, 2.45) is 0 Å². The molecule has 0 aliphatic carbocycles. The minimum atomic E-state index is -0.990. The lowest BCUT2D eigenvalue weighted by Gasteiger charge is -2.11. The predicted molar refractivity (Wildman–Crippen MR) is 64.4 cm³/mol. The Kier molecular flexibility index (Phi) is 2.45. The fourth-order valence-electron chi connectivity index (χ4n) is 1.65. The Morgan fingerprint density at radius 3 is 2.53 bits per heavy atom. The molecule has 0 saturated heterocycles. The van der Waals surface area contributed by atoms with Gasteiger partial charge in [0.25, 0.3) is 0 Å². The van der Waals surface area contributed by atoms with Gasteiger partial charge in [0.2, 0.25) is 5.89 Å². The van der Waals surface area contributed by atoms with E-state index in [1.54, 1.807) is 6.07 Å². The molecule has 0 spiro atoms. The summed E-state index contributed by atoms with van der Waals surface area (Å²) in [7, 11) is 0. The molecule has 0 aliphatic rings. The second-order valence-corrected chi connectivity index (χ2v) is 5.23. The van der Waals surface area contributed by atoms with E-state index in [1.165, 1.54) is 0 Å². The van der Waals surface area contributed by atoms with E-state index in [1.807, 2.05) is 33.8 Å². The average Bonchev–Trinajstić information content (AvgIpc) is 2.58. The van der Waals surface area contributed by atoms with E-state index >= 15 is 0 Å². The lowest BCUT2D eigenvalue weighted by atomic mass is 9.97. The molecule has 0 radical (unpaired) electrons. The van der Waals surface area contributed by atoms with Gasteiger partial charge in [0.05, 0.1) is 0 Å². The molecule has 90 valence electrons. The molecule has 4 nitrogen and oxygen atoms in total. The van der Waals surface area contributed by atoms with Gasteiger partial charge in [0.1, 0.15) is 11.1 Å². The predicted octanol–water partition coefficient (Wildman–Crippen LogP) is 3.13. The minimum Gasteiger partial charge on any atom is -0.478 e. The highest BCUT2D eigenvalue weighted by molar-refractivity contribution is 6.00. The topological polar surface area (TPSA) is 63.3 Å². The number of carbonyl (C=O) groups is 1. The summed E-state index contributed by atoms with van der Waals surface area (Å²) in [4.78, 5) is 15.5. The third-order valence-corrected chi connectivity index (χ3v) is 2.51. The Hall–Kier alpha value is -1.84. The lowest BCUT2D eigenvalue weighted by molar-refractivity contribution is 0.0697. The Bertz CT molecular complexity index is 590. The summed E-state index contributed by atoms with van der Waals surface area (Å²) in [5.74, 6) is -0.434. The van der Waals surface area contributed by atoms with Crippen molar-refractivity contribution >= 4 is 17.1 Å². The van der Waals surface area contributed by atoms with Gasteiger partial charge >= 0.3 is 5.97 Å². The van der Waals surface area contributed by atoms with Crippen LogP contribution in [0, 0.1) is 6.92 Å². The quantitative estimate of drug-likeness (QED) is 0.821. The van der Waals surface area contributed by atoms with Crippen LogP contribution >= 0.6 is 0 Å². The zero-order chi connectivity index (χ0) is 12.8. The Morgan fingerprint density at radius 2 is 2.00 bits per heavy atom. The highest BCUT2D eigenvalue weighted by Gasteiger charge is 2.23. The number of hydrogen-bond donors (Lipinski definition) is 1. The zero-order valence-corrected chi connectivity index (χ0v) is 10.4. The SMILES string of the molecule is Cc1cc(C(=O)O)c2oc(C(C)(C)C)nc2c1. The van der Waals surface area contributed by atoms with Crippen molar-refractivity contribution in [2.75, 3.05) is 0 Å². The van der Waals surface area contributed by atoms with Crippen LogP contribution in [0.4, 0.5) is 0 Å². The second kappa shape index (κ2) is 3.58. The largest absolute Gasteiger partial charge is 0.478 e. The van der Waals surface area contributed by atoms with Crippen LogP contribution in [0.3, 0.4) is 0 Å². The lowest BCUT2D eigenvalue weighted by Crippen LogP contribution is -2.10. The maximum Gasteiger partial charge on any atom is 0.339 e. The van der Waals surface area contributed by atoms with Crippen LogP contribution in [-0.2, 0) is 5.41 Å². The van der Waals surface area contributed by atoms with Gasteiger partial charge in [0.15, 0.2) is 5.58 Å². The van der Waals surface area contributed by atoms with Gasteiger partial charge in [0, 0.05) is 5.41 Å². The number of carboxylic acids is 1. The van der Waals surface area contributed by atoms with Crippen LogP contribution in [0.2, 0.25) is 0 Å². The van der Waals surface area contributed by atoms with Crippen molar-refractivity contribution in [3.8, 4) is 0 Å². The molecule has 1 aromatic heterocycles. The van der Waals surface area contributed by atoms with Gasteiger partial charge in [-0.05, 0) is 24.6 Å². The number of fused-ring (bicyclic) bond motifs is 1. The monoisotopic (exact) mass is 233 g/mol. The first-order chi connectivity index (χ1) is 7.79. The van der Waals surface area contributed by atoms with Crippen LogP contribution in [0.5, 0.6) is 0 Å². The van der Waals surface area contributed by atoms with Crippen molar-refractivity contribution < 1.29 is 14.3 Å². The second-order valence-electron chi connectivity index (χ2n) is 5.23. The summed E-state index contributed by atoms with van der Waals surface area (Å²) >= 11 is 0. The molecule has 0 aliphatic heterocycles. The van der Waals surface area contributed by atoms with Gasteiger partial charge < -0.3 is 9.52 Å². The van der Waals surface area contributed by atoms with Gasteiger partial charge in [-0.2, -0.15) is 0 Å². The Balaban J connectivity index is 2.76. The van der Waals surface area contributed by atoms with E-state index in [0.717, 1.165) is 5.56 Å². The van der Waals surface area contributed by atoms with Gasteiger partial charge in [-0.15, -0.1) is 0 Å². The summed E-state index contributed by atoms with van der Waals surface area (Å²) in [6.45, 7) is 7.78. The normalized spacial score (nSPS) is 12.0. The van der Waals surface area contributed by atoms with Crippen molar-refractivity contribution in [1.29, 1.82) is 0 Å². The van der Waals surface area contributed by atoms with Crippen molar-refractivity contribution in [2.45, 2.75) is 33.1 Å². The van der Waals surface area contributed by atoms with E-state index < -0.39 is 5.97 Å². The first-order valence-electron chi connectivity index (χ1n) is 5.44. The minimum absolute atomic E-state index is 0.169. The first kappa shape index (κ1) is 11.6. The molecule has 0 atom stereocenters. The molecule has 0 amide bonds. The average molecular weight is 233 g/mol. The highest BCUT2D eigenvalue weighted by atomic mass is 16.4. The molecule has 0 bridgehead atoms. The molecular weight excluding hydrogens is 218 g/mol. The van der Waals surface area contributed by atoms with Gasteiger partial charge in [-0.3, -0.25) is 0 Å². The number of aryl methyl sites for hydroxylation is 1. The Morgan fingerprint density at radius 1 is 1.35 bits per heavy atom. The molecular formula is C13H15NO3. The number of aromatic nitrogens is 1. The van der Waals surface area contributed by atoms with E-state index in [0.29, 0.717) is 17.0 Å². The fourth-order valence-corrected chi connectivity index (χ4v) is 1.65. The third-order valence-electron chi connectivity index (χ3n) is 2.51. The number of oxazole rings is 1. The molecule has 1 heterocycles. The van der Waals surface area contributed by atoms with Crippen LogP contribution in [-0.4, -0.2) is 16.1 Å². The number of carboxylic acid groups (broad SMARTS) is 1. The number of nitrogens with zero attached hydrogens (tertiary/aromatic N) is 1. The number of aromatic carboxylic acids is 1. The number of hydrogen-bond acceptors (Lipinski definition) is 3. The molecule has 1 N–H and O–H groups in total. The number of rotatable bonds is 1. The molecule has 2 rings (SSSR count). The van der Waals surface area contributed by atoms with Gasteiger partial charge in [-0.25, -0.2) is 9.78 Å². The smallest absolute Gasteiger partial charge is 0.339 e. The summed E-state index contributed by atoms with van der Waals surface area (Å²) in [6, 6.07) is 3.43. The summed E-state index contributed by atoms with van der Waals surface area (Å²) in [5.41, 5.74) is 1.76. The summed E-state index contributed by atoms with van der Waals surface area (Å²) in [6.07, 6.45) is 0. The molecule has 0 saturated carbocycles. The number of benzene rings is 1. The van der Waals surface area contributed by atoms with Crippen LogP contribution in [0.15, 0.2) is 16.5 Å². The van der Waals surface area contributed by atoms with Crippen LogP contribution in [0.25, 0.3) is 11.1 Å². The maximum absolute atomic E-state index is 11.1. The van der Waals surface area contributed by atoms with Crippen molar-refractivity contribution in [1.82, 2.24) is 4.98 Å². The van der Waals surface area contributed by atoms with Crippen molar-refractivity contribution in [3.05, 3.63) is 29.2 Å². The molecule has 0 fully saturated rings. The highest BCUT2D eigenvalue weighted by Crippen LogP contribution is 2.28. The van der Waals surface area contributed by atoms with Gasteiger partial charge in [-0.1, -0.05) is 20.8 Å². The van der Waals surface area contributed by atoms with Crippen LogP contribution < -0.4 is 0 Å². The molecule has 1 aromatic carbocycles. The molecule has 4 heteroatoms. The zero-order valence-electron chi connectivity index (χ0n) is 10.4. The van der Waals surface area contributed by atoms with E-state index in [4.69, 9.17) is 9.52 Å². The Labute approximate surface area is 99.3 Å². The molecule has 17 heavy (non-hydrogen) atoms. The van der Waals surface area contributed by atoms with Crippen LogP contribution in [0.1, 0.15) is 42.6 Å². The van der Waals surface area contributed by atoms with E-state index in [9.17, 15) is 4.79 Å². The maximum atomic E-state index is 11.1. The van der Waals surface area contributed by atoms with Crippen molar-refractivity contribution in [3.63, 3.8) is 0 Å². The molecule has 0 unspecified atom stereocenters. The first-order valence-corrected chi connectivity index (χ1v) is 5.44.